The molecule has 3 rings (SSSR count). The summed E-state index contributed by atoms with van der Waals surface area (Å²) in [5.74, 6) is 0.261. The van der Waals surface area contributed by atoms with Crippen LogP contribution in [0.15, 0.2) is 91.0 Å². The zero-order valence-corrected chi connectivity index (χ0v) is 14.9. The number of carbonyl (C=O) groups is 1. The molecule has 0 fully saturated rings. The first-order chi connectivity index (χ1) is 12.2. The average Bonchev–Trinajstić information content (AvgIpc) is 2.68. The van der Waals surface area contributed by atoms with Crippen LogP contribution in [0, 0.1) is 0 Å². The van der Waals surface area contributed by atoms with E-state index in [1.807, 2.05) is 42.5 Å². The van der Waals surface area contributed by atoms with Crippen molar-refractivity contribution in [2.45, 2.75) is 31.6 Å². The molecule has 0 N–H and O–H groups in total. The van der Waals surface area contributed by atoms with E-state index in [4.69, 9.17) is 0 Å². The van der Waals surface area contributed by atoms with E-state index in [9.17, 15) is 4.79 Å². The summed E-state index contributed by atoms with van der Waals surface area (Å²) in [6.07, 6.45) is 0.882. The van der Waals surface area contributed by atoms with E-state index >= 15 is 0 Å². The summed E-state index contributed by atoms with van der Waals surface area (Å²) in [6, 6.07) is 30.8. The molecule has 3 aromatic carbocycles. The van der Waals surface area contributed by atoms with Gasteiger partial charge in [-0.1, -0.05) is 97.9 Å². The van der Waals surface area contributed by atoms with E-state index in [0.29, 0.717) is 0 Å². The SMILES string of the molecule is CC[C@@H](c1ccccc1)C(C(C)=O)(c1ccccc1)c1ccccc1. The van der Waals surface area contributed by atoms with Crippen molar-refractivity contribution in [3.05, 3.63) is 108 Å². The second-order valence-electron chi connectivity index (χ2n) is 6.47. The van der Waals surface area contributed by atoms with Gasteiger partial charge in [-0.2, -0.15) is 0 Å². The van der Waals surface area contributed by atoms with Gasteiger partial charge in [0.25, 0.3) is 0 Å². The van der Waals surface area contributed by atoms with Gasteiger partial charge in [0.05, 0.1) is 5.41 Å². The number of rotatable bonds is 6. The van der Waals surface area contributed by atoms with Crippen LogP contribution in [0.4, 0.5) is 0 Å². The van der Waals surface area contributed by atoms with Crippen LogP contribution >= 0.6 is 0 Å². The van der Waals surface area contributed by atoms with E-state index in [2.05, 4.69) is 55.5 Å². The van der Waals surface area contributed by atoms with Crippen LogP contribution in [0.3, 0.4) is 0 Å². The van der Waals surface area contributed by atoms with Crippen molar-refractivity contribution in [2.24, 2.45) is 0 Å². The Hall–Kier alpha value is -2.67. The molecule has 1 nitrogen and oxygen atoms in total. The highest BCUT2D eigenvalue weighted by atomic mass is 16.1. The van der Waals surface area contributed by atoms with Gasteiger partial charge in [-0.3, -0.25) is 4.79 Å². The summed E-state index contributed by atoms with van der Waals surface area (Å²) in [7, 11) is 0. The zero-order valence-electron chi connectivity index (χ0n) is 14.9. The van der Waals surface area contributed by atoms with Crippen LogP contribution in [-0.2, 0) is 10.2 Å². The Morgan fingerprint density at radius 1 is 0.760 bits per heavy atom. The molecule has 0 saturated carbocycles. The molecule has 0 unspecified atom stereocenters. The molecule has 0 aliphatic rings. The maximum atomic E-state index is 13.2. The highest BCUT2D eigenvalue weighted by Crippen LogP contribution is 2.47. The fraction of sp³-hybridized carbons (Fsp3) is 0.208. The first kappa shape index (κ1) is 17.2. The molecule has 0 aliphatic carbocycles. The Bertz CT molecular complexity index is 767. The fourth-order valence-corrected chi connectivity index (χ4v) is 4.10. The third-order valence-electron chi connectivity index (χ3n) is 5.15. The molecule has 0 aromatic heterocycles. The van der Waals surface area contributed by atoms with Crippen molar-refractivity contribution < 1.29 is 4.79 Å². The number of carbonyl (C=O) groups excluding carboxylic acids is 1. The number of hydrogen-bond acceptors (Lipinski definition) is 1. The van der Waals surface area contributed by atoms with Crippen molar-refractivity contribution >= 4 is 5.78 Å². The lowest BCUT2D eigenvalue weighted by Crippen LogP contribution is -2.41. The maximum Gasteiger partial charge on any atom is 0.145 e. The Labute approximate surface area is 150 Å². The Morgan fingerprint density at radius 2 is 1.16 bits per heavy atom. The van der Waals surface area contributed by atoms with Crippen molar-refractivity contribution in [3.63, 3.8) is 0 Å². The predicted octanol–water partition coefficient (Wildman–Crippen LogP) is 5.76. The van der Waals surface area contributed by atoms with Crippen LogP contribution in [0.1, 0.15) is 42.9 Å². The van der Waals surface area contributed by atoms with Gasteiger partial charge < -0.3 is 0 Å². The first-order valence-electron chi connectivity index (χ1n) is 8.88. The summed E-state index contributed by atoms with van der Waals surface area (Å²) in [5, 5.41) is 0. The van der Waals surface area contributed by atoms with Crippen molar-refractivity contribution in [1.82, 2.24) is 0 Å². The Morgan fingerprint density at radius 3 is 1.52 bits per heavy atom. The molecule has 0 saturated heterocycles. The third-order valence-corrected chi connectivity index (χ3v) is 5.15. The van der Waals surface area contributed by atoms with Gasteiger partial charge in [0.15, 0.2) is 0 Å². The first-order valence-corrected chi connectivity index (χ1v) is 8.88. The van der Waals surface area contributed by atoms with E-state index in [1.165, 1.54) is 5.56 Å². The molecule has 0 heterocycles. The molecule has 0 amide bonds. The smallest absolute Gasteiger partial charge is 0.145 e. The highest BCUT2D eigenvalue weighted by molar-refractivity contribution is 5.93. The van der Waals surface area contributed by atoms with Gasteiger partial charge >= 0.3 is 0 Å². The van der Waals surface area contributed by atoms with Gasteiger partial charge in [0.2, 0.25) is 0 Å². The summed E-state index contributed by atoms with van der Waals surface area (Å²) in [4.78, 5) is 13.2. The largest absolute Gasteiger partial charge is 0.299 e. The highest BCUT2D eigenvalue weighted by Gasteiger charge is 2.46. The van der Waals surface area contributed by atoms with Gasteiger partial charge in [0.1, 0.15) is 5.78 Å². The van der Waals surface area contributed by atoms with Crippen LogP contribution in [0.25, 0.3) is 0 Å². The number of ketones is 1. The fourth-order valence-electron chi connectivity index (χ4n) is 4.10. The molecule has 3 aromatic rings. The lowest BCUT2D eigenvalue weighted by Gasteiger charge is -2.40. The molecular formula is C24H24O. The molecule has 0 aliphatic heterocycles. The molecule has 0 spiro atoms. The Balaban J connectivity index is 2.33. The quantitative estimate of drug-likeness (QED) is 0.562. The van der Waals surface area contributed by atoms with Crippen LogP contribution in [0.5, 0.6) is 0 Å². The lowest BCUT2D eigenvalue weighted by atomic mass is 9.60. The normalized spacial score (nSPS) is 12.6. The molecule has 1 heteroatoms. The zero-order chi connectivity index (χ0) is 17.7. The van der Waals surface area contributed by atoms with Gasteiger partial charge in [-0.05, 0) is 30.0 Å². The van der Waals surface area contributed by atoms with E-state index in [-0.39, 0.29) is 11.7 Å². The van der Waals surface area contributed by atoms with Gasteiger partial charge in [-0.25, -0.2) is 0 Å². The van der Waals surface area contributed by atoms with Crippen LogP contribution in [-0.4, -0.2) is 5.78 Å². The topological polar surface area (TPSA) is 17.1 Å². The minimum atomic E-state index is -0.682. The van der Waals surface area contributed by atoms with E-state index < -0.39 is 5.41 Å². The second kappa shape index (κ2) is 7.48. The van der Waals surface area contributed by atoms with Crippen LogP contribution < -0.4 is 0 Å². The van der Waals surface area contributed by atoms with Crippen molar-refractivity contribution in [1.29, 1.82) is 0 Å². The monoisotopic (exact) mass is 328 g/mol. The minimum Gasteiger partial charge on any atom is -0.299 e. The minimum absolute atomic E-state index is 0.0796. The molecule has 1 atom stereocenters. The van der Waals surface area contributed by atoms with Gasteiger partial charge in [0, 0.05) is 5.92 Å². The number of Topliss-reactive ketones (excluding diaryl/α,β-unsaturated/α-hetero) is 1. The van der Waals surface area contributed by atoms with Crippen molar-refractivity contribution in [3.8, 4) is 0 Å². The third kappa shape index (κ3) is 3.02. The molecule has 126 valence electrons. The summed E-state index contributed by atoms with van der Waals surface area (Å²) < 4.78 is 0. The average molecular weight is 328 g/mol. The van der Waals surface area contributed by atoms with Crippen LogP contribution in [0.2, 0.25) is 0 Å². The number of benzene rings is 3. The lowest BCUT2D eigenvalue weighted by molar-refractivity contribution is -0.121. The Kier molecular flexibility index (Phi) is 5.14. The summed E-state index contributed by atoms with van der Waals surface area (Å²) in [6.45, 7) is 3.90. The molecule has 25 heavy (non-hydrogen) atoms. The van der Waals surface area contributed by atoms with Crippen molar-refractivity contribution in [2.75, 3.05) is 0 Å². The molecule has 0 bridgehead atoms. The molecular weight excluding hydrogens is 304 g/mol. The second-order valence-corrected chi connectivity index (χ2v) is 6.47. The van der Waals surface area contributed by atoms with Gasteiger partial charge in [-0.15, -0.1) is 0 Å². The summed E-state index contributed by atoms with van der Waals surface area (Å²) >= 11 is 0. The maximum absolute atomic E-state index is 13.2. The number of hydrogen-bond donors (Lipinski definition) is 0. The summed E-state index contributed by atoms with van der Waals surface area (Å²) in [5.41, 5.74) is 2.64. The predicted molar refractivity (Wildman–Crippen MR) is 104 cm³/mol. The molecule has 0 radical (unpaired) electrons. The van der Waals surface area contributed by atoms with E-state index in [1.54, 1.807) is 6.92 Å². The van der Waals surface area contributed by atoms with E-state index in [0.717, 1.165) is 17.5 Å². The standard InChI is InChI=1S/C24H24O/c1-3-23(20-13-7-4-8-14-20)24(19(2)25,21-15-9-5-10-16-21)22-17-11-6-12-18-22/h4-18,23H,3H2,1-2H3/t23-/m0/s1.